The predicted octanol–water partition coefficient (Wildman–Crippen LogP) is 2.43. The fourth-order valence-electron chi connectivity index (χ4n) is 8.42. The molecule has 3 saturated heterocycles. The summed E-state index contributed by atoms with van der Waals surface area (Å²) in [5.41, 5.74) is 3.07. The molecule has 220 valence electrons. The first-order valence-electron chi connectivity index (χ1n) is 15.3. The average Bonchev–Trinajstić information content (AvgIpc) is 3.54. The van der Waals surface area contributed by atoms with Crippen LogP contribution in [0.1, 0.15) is 43.2 Å². The first-order chi connectivity index (χ1) is 19.4. The van der Waals surface area contributed by atoms with Crippen LogP contribution in [0.5, 0.6) is 0 Å². The van der Waals surface area contributed by atoms with Crippen LogP contribution < -0.4 is 16.0 Å². The first kappa shape index (κ1) is 28.6. The lowest BCUT2D eigenvalue weighted by Crippen LogP contribution is -2.73. The zero-order valence-corrected chi connectivity index (χ0v) is 25.0. The van der Waals surface area contributed by atoms with Gasteiger partial charge >= 0.3 is 0 Å². The molecule has 40 heavy (non-hydrogen) atoms. The summed E-state index contributed by atoms with van der Waals surface area (Å²) >= 11 is 6.66. The van der Waals surface area contributed by atoms with E-state index in [0.717, 1.165) is 63.6 Å². The van der Waals surface area contributed by atoms with Gasteiger partial charge in [-0.2, -0.15) is 0 Å². The van der Waals surface area contributed by atoms with Crippen LogP contribution in [0.4, 0.5) is 0 Å². The van der Waals surface area contributed by atoms with Crippen molar-refractivity contribution in [3.63, 3.8) is 0 Å². The number of halogens is 1. The lowest BCUT2D eigenvalue weighted by molar-refractivity contribution is -0.137. The van der Waals surface area contributed by atoms with E-state index in [4.69, 9.17) is 16.3 Å². The summed E-state index contributed by atoms with van der Waals surface area (Å²) in [6.07, 6.45) is 9.65. The maximum absolute atomic E-state index is 12.6. The van der Waals surface area contributed by atoms with E-state index in [-0.39, 0.29) is 29.9 Å². The van der Waals surface area contributed by atoms with Gasteiger partial charge in [-0.05, 0) is 94.3 Å². The third-order valence-corrected chi connectivity index (χ3v) is 10.9. The molecule has 4 fully saturated rings. The Hall–Kier alpha value is -1.52. The molecular weight excluding hydrogens is 524 g/mol. The number of piperazine rings is 1. The van der Waals surface area contributed by atoms with Crippen molar-refractivity contribution in [1.82, 2.24) is 30.7 Å². The molecule has 0 radical (unpaired) electrons. The molecule has 1 saturated carbocycles. The minimum absolute atomic E-state index is 0.0250. The van der Waals surface area contributed by atoms with Crippen LogP contribution in [0.25, 0.3) is 0 Å². The van der Waals surface area contributed by atoms with Crippen molar-refractivity contribution in [1.29, 1.82) is 0 Å². The number of nitrogens with zero attached hydrogens (tertiary/aromatic N) is 3. The quantitative estimate of drug-likeness (QED) is 0.435. The Balaban J connectivity index is 1.20. The summed E-state index contributed by atoms with van der Waals surface area (Å²) in [7, 11) is 4.17. The minimum Gasteiger partial charge on any atom is -0.348 e. The Bertz CT molecular complexity index is 1090. The molecule has 1 aromatic carbocycles. The number of carbonyl (C=O) groups is 1. The summed E-state index contributed by atoms with van der Waals surface area (Å²) in [5.74, 6) is 0.507. The molecule has 2 aliphatic carbocycles. The molecule has 0 bridgehead atoms. The Kier molecular flexibility index (Phi) is 8.58. The zero-order chi connectivity index (χ0) is 27.9. The lowest BCUT2D eigenvalue weighted by atomic mass is 9.65. The highest BCUT2D eigenvalue weighted by Crippen LogP contribution is 2.51. The van der Waals surface area contributed by atoms with Crippen LogP contribution in [-0.2, 0) is 22.4 Å². The van der Waals surface area contributed by atoms with Crippen molar-refractivity contribution < 1.29 is 9.53 Å². The molecule has 6 unspecified atom stereocenters. The highest BCUT2D eigenvalue weighted by atomic mass is 35.5. The van der Waals surface area contributed by atoms with Gasteiger partial charge in [0.05, 0.1) is 18.8 Å². The van der Waals surface area contributed by atoms with Crippen molar-refractivity contribution in [2.45, 2.75) is 75.6 Å². The van der Waals surface area contributed by atoms with Gasteiger partial charge in [-0.1, -0.05) is 30.3 Å². The molecule has 3 N–H and O–H groups in total. The van der Waals surface area contributed by atoms with Crippen LogP contribution in [0.3, 0.4) is 0 Å². The number of hydrogen-bond donors (Lipinski definition) is 3. The second kappa shape index (κ2) is 12.0. The van der Waals surface area contributed by atoms with Crippen LogP contribution in [-0.4, -0.2) is 105 Å². The molecule has 3 heterocycles. The van der Waals surface area contributed by atoms with Crippen LogP contribution >= 0.6 is 11.6 Å². The van der Waals surface area contributed by atoms with Crippen molar-refractivity contribution in [3.05, 3.63) is 47.0 Å². The number of rotatable bonds is 7. The number of carbonyl (C=O) groups excluding carboxylic acids is 1. The molecule has 9 heteroatoms. The van der Waals surface area contributed by atoms with Crippen molar-refractivity contribution in [2.24, 2.45) is 11.3 Å². The molecule has 3 aliphatic heterocycles. The predicted molar refractivity (Wildman–Crippen MR) is 159 cm³/mol. The van der Waals surface area contributed by atoms with E-state index in [0.29, 0.717) is 18.0 Å². The van der Waals surface area contributed by atoms with E-state index in [2.05, 4.69) is 51.5 Å². The van der Waals surface area contributed by atoms with Crippen LogP contribution in [0, 0.1) is 11.3 Å². The molecule has 1 spiro atoms. The first-order valence-corrected chi connectivity index (χ1v) is 15.7. The van der Waals surface area contributed by atoms with Crippen molar-refractivity contribution >= 4 is 17.5 Å². The minimum atomic E-state index is -0.182. The second-order valence-electron chi connectivity index (χ2n) is 13.0. The molecule has 8 nitrogen and oxygen atoms in total. The fourth-order valence-corrected chi connectivity index (χ4v) is 8.69. The zero-order valence-electron chi connectivity index (χ0n) is 24.2. The maximum atomic E-state index is 12.6. The Labute approximate surface area is 244 Å². The van der Waals surface area contributed by atoms with Crippen molar-refractivity contribution in [3.8, 4) is 0 Å². The summed E-state index contributed by atoms with van der Waals surface area (Å²) in [6.45, 7) is 8.81. The monoisotopic (exact) mass is 570 g/mol. The van der Waals surface area contributed by atoms with Crippen LogP contribution in [0.2, 0.25) is 5.02 Å². The van der Waals surface area contributed by atoms with E-state index >= 15 is 0 Å². The summed E-state index contributed by atoms with van der Waals surface area (Å²) in [4.78, 5) is 19.6. The fraction of sp³-hybridized carbons (Fsp3) is 0.710. The van der Waals surface area contributed by atoms with Crippen molar-refractivity contribution in [2.75, 3.05) is 53.4 Å². The number of hydrogen-bond acceptors (Lipinski definition) is 7. The number of likely N-dealkylation sites (N-methyl/N-ethyl adjacent to an activating group) is 2. The number of likely N-dealkylation sites (tertiary alicyclic amines) is 1. The number of ether oxygens (including phenoxy) is 1. The maximum Gasteiger partial charge on any atom is 0.246 e. The highest BCUT2D eigenvalue weighted by Gasteiger charge is 2.51. The van der Waals surface area contributed by atoms with E-state index in [9.17, 15) is 4.79 Å². The van der Waals surface area contributed by atoms with Gasteiger partial charge in [0, 0.05) is 49.2 Å². The number of nitrogens with one attached hydrogen (secondary N) is 3. The second-order valence-corrected chi connectivity index (χ2v) is 13.4. The lowest BCUT2D eigenvalue weighted by Gasteiger charge is -2.55. The van der Waals surface area contributed by atoms with Gasteiger partial charge in [-0.15, -0.1) is 0 Å². The molecule has 6 rings (SSSR count). The molecule has 7 atom stereocenters. The topological polar surface area (TPSA) is 72.1 Å². The average molecular weight is 571 g/mol. The highest BCUT2D eigenvalue weighted by molar-refractivity contribution is 6.31. The molecular formula is C31H47ClN6O2. The van der Waals surface area contributed by atoms with E-state index in [1.165, 1.54) is 42.9 Å². The van der Waals surface area contributed by atoms with Gasteiger partial charge in [-0.3, -0.25) is 20.3 Å². The van der Waals surface area contributed by atoms with E-state index in [1.807, 2.05) is 18.0 Å². The van der Waals surface area contributed by atoms with Gasteiger partial charge < -0.3 is 19.9 Å². The SMILES string of the molecule is C=CC(=O)N1CCN(C2NC(OCC3CCCN3C)NC3C[C@]4(CCC32)Cc2cccc(Cl)c2C4)CC1CNC. The number of benzene rings is 1. The molecule has 5 aliphatic rings. The standard InChI is InChI=1S/C31H47ClN6O2/c1-4-28(39)38-14-13-37(19-23(38)18-33-2)29-24-10-11-31(15-21-7-5-9-26(32)25(21)16-31)17-27(24)34-30(35-29)40-20-22-8-6-12-36(22)3/h4-5,7,9,22-24,27,29-30,33-35H,1,6,8,10-20H2,2-3H3/t22?,23?,24?,27?,29?,30?,31-/m1/s1. The van der Waals surface area contributed by atoms with E-state index in [1.54, 1.807) is 0 Å². The Morgan fingerprint density at radius 3 is 2.85 bits per heavy atom. The molecule has 1 aromatic rings. The third-order valence-electron chi connectivity index (χ3n) is 10.5. The van der Waals surface area contributed by atoms with Gasteiger partial charge in [0.2, 0.25) is 5.91 Å². The van der Waals surface area contributed by atoms with Gasteiger partial charge in [0.15, 0.2) is 6.35 Å². The Morgan fingerprint density at radius 1 is 1.23 bits per heavy atom. The summed E-state index contributed by atoms with van der Waals surface area (Å²) < 4.78 is 6.59. The Morgan fingerprint density at radius 2 is 2.10 bits per heavy atom. The van der Waals surface area contributed by atoms with E-state index < -0.39 is 0 Å². The third kappa shape index (κ3) is 5.61. The van der Waals surface area contributed by atoms with Crippen LogP contribution in [0.15, 0.2) is 30.9 Å². The van der Waals surface area contributed by atoms with Gasteiger partial charge in [-0.25, -0.2) is 0 Å². The van der Waals surface area contributed by atoms with Gasteiger partial charge in [0.1, 0.15) is 0 Å². The number of amides is 1. The van der Waals surface area contributed by atoms with Gasteiger partial charge in [0.25, 0.3) is 0 Å². The molecule has 1 amide bonds. The molecule has 0 aromatic heterocycles. The normalized spacial score (nSPS) is 36.5. The number of fused-ring (bicyclic) bond motifs is 2. The smallest absolute Gasteiger partial charge is 0.246 e. The largest absolute Gasteiger partial charge is 0.348 e. The summed E-state index contributed by atoms with van der Waals surface area (Å²) in [5, 5.41) is 12.1. The summed E-state index contributed by atoms with van der Waals surface area (Å²) in [6, 6.07) is 7.40.